The van der Waals surface area contributed by atoms with Crippen LogP contribution in [-0.2, 0) is 9.47 Å². The SMILES string of the molecule is CC(C)=CCC[C@@](C)(O)[C@H]1CC[C@]2(C)[C@@H]1[C@H](O)C[C@@H]1[C@@]3(C)CC[C@H](O)C(C)(C)[C@@H]3[C@@H](O[C@@H]3O[C@H](CO)[C@@H](O)C(O)C3O)C[C@]12C. The predicted octanol–water partition coefficient (Wildman–Crippen LogP) is 3.30. The average Bonchev–Trinajstić information content (AvgIpc) is 3.33. The minimum absolute atomic E-state index is 0.0548. The van der Waals surface area contributed by atoms with Gasteiger partial charge < -0.3 is 45.2 Å². The molecule has 2 unspecified atom stereocenters. The molecule has 0 amide bonds. The monoisotopic (exact) mass is 638 g/mol. The minimum Gasteiger partial charge on any atom is -0.394 e. The van der Waals surface area contributed by atoms with E-state index >= 15 is 0 Å². The summed E-state index contributed by atoms with van der Waals surface area (Å²) in [4.78, 5) is 0. The Morgan fingerprint density at radius 2 is 1.60 bits per heavy atom. The van der Waals surface area contributed by atoms with Crippen molar-refractivity contribution in [2.24, 2.45) is 45.3 Å². The Kier molecular flexibility index (Phi) is 9.56. The molecule has 7 N–H and O–H groups in total. The number of aliphatic hydroxyl groups excluding tert-OH is 6. The molecule has 45 heavy (non-hydrogen) atoms. The molecule has 0 aromatic rings. The lowest BCUT2D eigenvalue weighted by atomic mass is 9.34. The van der Waals surface area contributed by atoms with Crippen LogP contribution in [0.4, 0.5) is 0 Å². The molecular weight excluding hydrogens is 576 g/mol. The highest BCUT2D eigenvalue weighted by Crippen LogP contribution is 2.76. The standard InChI is InChI=1S/C36H62O9/c1-19(2)10-9-13-36(8,43)20-11-15-34(6)26(20)21(38)16-24-33(5)14-12-25(39)32(3,4)30(33)22(17-35(24,34)7)44-31-29(42)28(41)27(40)23(18-37)45-31/h10,20-31,37-43H,9,11-18H2,1-8H3/t20-,21+,22-,23+,24+,25-,26-,27+,28?,29?,30-,31+,33+,34+,35+,36+/m0/s1. The molecule has 9 nitrogen and oxygen atoms in total. The van der Waals surface area contributed by atoms with Gasteiger partial charge in [-0.25, -0.2) is 0 Å². The number of hydrogen-bond donors (Lipinski definition) is 7. The van der Waals surface area contributed by atoms with E-state index < -0.39 is 66.6 Å². The summed E-state index contributed by atoms with van der Waals surface area (Å²) in [7, 11) is 0. The fraction of sp³-hybridized carbons (Fsp3) is 0.944. The largest absolute Gasteiger partial charge is 0.394 e. The lowest BCUT2D eigenvalue weighted by Gasteiger charge is -2.72. The van der Waals surface area contributed by atoms with E-state index in [0.717, 1.165) is 25.7 Å². The van der Waals surface area contributed by atoms with Crippen molar-refractivity contribution < 1.29 is 45.2 Å². The molecule has 5 aliphatic rings. The maximum absolute atomic E-state index is 12.1. The van der Waals surface area contributed by atoms with Gasteiger partial charge in [-0.3, -0.25) is 0 Å². The third-order valence-electron chi connectivity index (χ3n) is 14.4. The van der Waals surface area contributed by atoms with Gasteiger partial charge in [0.2, 0.25) is 0 Å². The zero-order chi connectivity index (χ0) is 33.5. The fourth-order valence-corrected chi connectivity index (χ4v) is 11.9. The van der Waals surface area contributed by atoms with Crippen LogP contribution in [-0.4, -0.2) is 97.0 Å². The van der Waals surface area contributed by atoms with Crippen LogP contribution in [0.2, 0.25) is 0 Å². The first-order valence-corrected chi connectivity index (χ1v) is 17.4. The summed E-state index contributed by atoms with van der Waals surface area (Å²) in [6.07, 6.45) is -0.603. The van der Waals surface area contributed by atoms with Gasteiger partial charge >= 0.3 is 0 Å². The van der Waals surface area contributed by atoms with Crippen LogP contribution in [0.15, 0.2) is 11.6 Å². The second-order valence-corrected chi connectivity index (χ2v) is 17.5. The van der Waals surface area contributed by atoms with Gasteiger partial charge in [0.25, 0.3) is 0 Å². The normalized spacial score (nSPS) is 52.2. The lowest BCUT2D eigenvalue weighted by molar-refractivity contribution is -0.346. The van der Waals surface area contributed by atoms with Gasteiger partial charge in [-0.2, -0.15) is 0 Å². The predicted molar refractivity (Wildman–Crippen MR) is 170 cm³/mol. The maximum Gasteiger partial charge on any atom is 0.186 e. The van der Waals surface area contributed by atoms with Crippen molar-refractivity contribution in [3.05, 3.63) is 11.6 Å². The first-order chi connectivity index (χ1) is 20.8. The number of hydrogen-bond acceptors (Lipinski definition) is 9. The number of aliphatic hydroxyl groups is 7. The van der Waals surface area contributed by atoms with Crippen LogP contribution in [0.5, 0.6) is 0 Å². The molecule has 4 aliphatic carbocycles. The van der Waals surface area contributed by atoms with Crippen molar-refractivity contribution in [2.45, 2.75) is 161 Å². The minimum atomic E-state index is -1.54. The van der Waals surface area contributed by atoms with Crippen molar-refractivity contribution in [2.75, 3.05) is 6.61 Å². The van der Waals surface area contributed by atoms with Gasteiger partial charge in [0, 0.05) is 0 Å². The second kappa shape index (κ2) is 12.1. The summed E-state index contributed by atoms with van der Waals surface area (Å²) in [5.41, 5.74) is -1.21. The molecule has 5 fully saturated rings. The molecule has 1 aliphatic heterocycles. The summed E-state index contributed by atoms with van der Waals surface area (Å²) in [6.45, 7) is 16.6. The first-order valence-electron chi connectivity index (χ1n) is 17.4. The molecule has 0 bridgehead atoms. The summed E-state index contributed by atoms with van der Waals surface area (Å²) in [5, 5.41) is 77.2. The van der Waals surface area contributed by atoms with Crippen LogP contribution >= 0.6 is 0 Å². The van der Waals surface area contributed by atoms with Crippen molar-refractivity contribution in [3.63, 3.8) is 0 Å². The van der Waals surface area contributed by atoms with Gasteiger partial charge in [0.1, 0.15) is 24.4 Å². The topological polar surface area (TPSA) is 160 Å². The van der Waals surface area contributed by atoms with E-state index in [0.29, 0.717) is 25.7 Å². The van der Waals surface area contributed by atoms with Gasteiger partial charge in [0.15, 0.2) is 6.29 Å². The van der Waals surface area contributed by atoms with E-state index in [9.17, 15) is 35.7 Å². The quantitative estimate of drug-likeness (QED) is 0.164. The van der Waals surface area contributed by atoms with Gasteiger partial charge in [-0.1, -0.05) is 46.3 Å². The van der Waals surface area contributed by atoms with E-state index in [2.05, 4.69) is 54.5 Å². The molecule has 0 spiro atoms. The molecule has 4 saturated carbocycles. The lowest BCUT2D eigenvalue weighted by Crippen LogP contribution is -2.71. The van der Waals surface area contributed by atoms with Gasteiger partial charge in [0.05, 0.1) is 30.5 Å². The van der Waals surface area contributed by atoms with E-state index in [-0.39, 0.29) is 39.9 Å². The van der Waals surface area contributed by atoms with Crippen LogP contribution in [0.1, 0.15) is 107 Å². The Bertz CT molecular complexity index is 1100. The number of rotatable bonds is 7. The highest BCUT2D eigenvalue weighted by atomic mass is 16.7. The summed E-state index contributed by atoms with van der Waals surface area (Å²) in [5.74, 6) is -0.186. The maximum atomic E-state index is 12.1. The number of fused-ring (bicyclic) bond motifs is 5. The second-order valence-electron chi connectivity index (χ2n) is 17.5. The molecule has 16 atom stereocenters. The number of ether oxygens (including phenoxy) is 2. The molecule has 9 heteroatoms. The molecule has 1 heterocycles. The Morgan fingerprint density at radius 3 is 2.22 bits per heavy atom. The van der Waals surface area contributed by atoms with Crippen molar-refractivity contribution in [1.29, 1.82) is 0 Å². The highest BCUT2D eigenvalue weighted by molar-refractivity contribution is 5.22. The molecule has 5 rings (SSSR count). The summed E-state index contributed by atoms with van der Waals surface area (Å²) < 4.78 is 12.6. The Labute approximate surface area is 270 Å². The van der Waals surface area contributed by atoms with Gasteiger partial charge in [-0.05, 0) is 117 Å². The molecule has 0 radical (unpaired) electrons. The fourth-order valence-electron chi connectivity index (χ4n) is 11.9. The zero-order valence-electron chi connectivity index (χ0n) is 28.8. The van der Waals surface area contributed by atoms with Crippen LogP contribution in [0, 0.1) is 45.3 Å². The molecule has 0 aromatic heterocycles. The summed E-state index contributed by atoms with van der Waals surface area (Å²) in [6, 6.07) is 0. The first kappa shape index (κ1) is 35.7. The summed E-state index contributed by atoms with van der Waals surface area (Å²) >= 11 is 0. The van der Waals surface area contributed by atoms with E-state index in [1.807, 2.05) is 6.92 Å². The highest BCUT2D eigenvalue weighted by Gasteiger charge is 2.73. The Morgan fingerprint density at radius 1 is 0.933 bits per heavy atom. The van der Waals surface area contributed by atoms with Crippen LogP contribution in [0.3, 0.4) is 0 Å². The third-order valence-corrected chi connectivity index (χ3v) is 14.4. The van der Waals surface area contributed by atoms with Crippen molar-refractivity contribution >= 4 is 0 Å². The molecule has 260 valence electrons. The third kappa shape index (κ3) is 5.48. The molecule has 1 saturated heterocycles. The van der Waals surface area contributed by atoms with Crippen LogP contribution < -0.4 is 0 Å². The van der Waals surface area contributed by atoms with E-state index in [4.69, 9.17) is 9.47 Å². The van der Waals surface area contributed by atoms with Crippen molar-refractivity contribution in [3.8, 4) is 0 Å². The van der Waals surface area contributed by atoms with Gasteiger partial charge in [-0.15, -0.1) is 0 Å². The van der Waals surface area contributed by atoms with Crippen molar-refractivity contribution in [1.82, 2.24) is 0 Å². The zero-order valence-corrected chi connectivity index (χ0v) is 28.8. The molecular formula is C36H62O9. The number of allylic oxidation sites excluding steroid dienone is 2. The average molecular weight is 639 g/mol. The Balaban J connectivity index is 1.54. The molecule has 0 aromatic carbocycles. The van der Waals surface area contributed by atoms with E-state index in [1.54, 1.807) is 0 Å². The van der Waals surface area contributed by atoms with E-state index in [1.165, 1.54) is 5.57 Å². The Hall–Kier alpha value is -0.620. The van der Waals surface area contributed by atoms with Crippen LogP contribution in [0.25, 0.3) is 0 Å². The smallest absolute Gasteiger partial charge is 0.186 e.